The van der Waals surface area contributed by atoms with Gasteiger partial charge in [-0.1, -0.05) is 31.1 Å². The highest BCUT2D eigenvalue weighted by molar-refractivity contribution is 5.80. The maximum absolute atomic E-state index is 5.39. The average Bonchev–Trinajstić information content (AvgIpc) is 3.16. The number of methoxy groups -OCH3 is 1. The number of nitrogens with zero attached hydrogens (tertiary/aromatic N) is 4. The van der Waals surface area contributed by atoms with E-state index in [1.165, 1.54) is 5.56 Å². The van der Waals surface area contributed by atoms with Crippen molar-refractivity contribution in [2.45, 2.75) is 39.7 Å². The smallest absolute Gasteiger partial charge is 0.194 e. The zero-order chi connectivity index (χ0) is 21.6. The van der Waals surface area contributed by atoms with Crippen molar-refractivity contribution >= 4 is 5.96 Å². The normalized spacial score (nSPS) is 16.0. The molecule has 0 unspecified atom stereocenters. The molecule has 7 heteroatoms. The second-order valence-corrected chi connectivity index (χ2v) is 8.48. The fourth-order valence-corrected chi connectivity index (χ4v) is 3.67. The summed E-state index contributed by atoms with van der Waals surface area (Å²) in [5.74, 6) is 2.74. The van der Waals surface area contributed by atoms with Crippen LogP contribution in [0.3, 0.4) is 0 Å². The van der Waals surface area contributed by atoms with Crippen LogP contribution in [0.25, 0.3) is 0 Å². The molecular formula is C23H35N5O2. The lowest BCUT2D eigenvalue weighted by Gasteiger charge is -2.36. The summed E-state index contributed by atoms with van der Waals surface area (Å²) >= 11 is 0. The summed E-state index contributed by atoms with van der Waals surface area (Å²) in [6, 6.07) is 10.3. The van der Waals surface area contributed by atoms with Gasteiger partial charge in [0.05, 0.1) is 19.3 Å². The largest absolute Gasteiger partial charge is 0.497 e. The summed E-state index contributed by atoms with van der Waals surface area (Å²) in [6.07, 6.45) is 0. The van der Waals surface area contributed by atoms with E-state index < -0.39 is 0 Å². The Hall–Kier alpha value is -2.54. The number of aliphatic imine (C=N–C) groups is 1. The number of nitrogens with one attached hydrogen (secondary N) is 1. The van der Waals surface area contributed by atoms with Gasteiger partial charge in [0.25, 0.3) is 0 Å². The molecule has 2 heterocycles. The number of benzene rings is 1. The van der Waals surface area contributed by atoms with Crippen LogP contribution in [0.1, 0.15) is 37.8 Å². The monoisotopic (exact) mass is 413 g/mol. The molecule has 3 rings (SSSR count). The number of aryl methyl sites for hydroxylation is 1. The Bertz CT molecular complexity index is 838. The zero-order valence-corrected chi connectivity index (χ0v) is 18.9. The van der Waals surface area contributed by atoms with Crippen molar-refractivity contribution in [3.8, 4) is 5.75 Å². The van der Waals surface area contributed by atoms with Crippen LogP contribution in [-0.4, -0.2) is 67.3 Å². The van der Waals surface area contributed by atoms with Gasteiger partial charge in [-0.3, -0.25) is 9.89 Å². The molecule has 1 aliphatic heterocycles. The molecule has 0 amide bonds. The second-order valence-electron chi connectivity index (χ2n) is 8.48. The third-order valence-electron chi connectivity index (χ3n) is 5.54. The maximum Gasteiger partial charge on any atom is 0.194 e. The standard InChI is InChI=1S/C23H35N5O2/c1-6-24-22(25-17-23(3,4)19-8-7-9-21(15-19)29-5)28-12-10-27(11-13-28)16-20-14-18(2)30-26-20/h7-9,14-15H,6,10-13,16-17H2,1-5H3,(H,24,25). The first-order chi connectivity index (χ1) is 14.4. The summed E-state index contributed by atoms with van der Waals surface area (Å²) < 4.78 is 10.6. The minimum atomic E-state index is -0.0815. The number of aromatic nitrogens is 1. The first kappa shape index (κ1) is 22.2. The predicted octanol–water partition coefficient (Wildman–Crippen LogP) is 3.05. The van der Waals surface area contributed by atoms with E-state index in [2.05, 4.69) is 53.2 Å². The van der Waals surface area contributed by atoms with E-state index in [9.17, 15) is 0 Å². The van der Waals surface area contributed by atoms with Crippen molar-refractivity contribution in [1.82, 2.24) is 20.3 Å². The second kappa shape index (κ2) is 9.98. The Morgan fingerprint density at radius 1 is 1.23 bits per heavy atom. The van der Waals surface area contributed by atoms with Crippen LogP contribution >= 0.6 is 0 Å². The van der Waals surface area contributed by atoms with E-state index in [1.54, 1.807) is 7.11 Å². The van der Waals surface area contributed by atoms with Gasteiger partial charge in [0, 0.05) is 50.7 Å². The van der Waals surface area contributed by atoms with Crippen molar-refractivity contribution in [2.24, 2.45) is 4.99 Å². The Balaban J connectivity index is 1.61. The van der Waals surface area contributed by atoms with Gasteiger partial charge in [-0.05, 0) is 31.5 Å². The van der Waals surface area contributed by atoms with Gasteiger partial charge in [0.15, 0.2) is 5.96 Å². The molecule has 30 heavy (non-hydrogen) atoms. The highest BCUT2D eigenvalue weighted by atomic mass is 16.5. The average molecular weight is 414 g/mol. The van der Waals surface area contributed by atoms with Crippen molar-refractivity contribution in [3.63, 3.8) is 0 Å². The van der Waals surface area contributed by atoms with Gasteiger partial charge < -0.3 is 19.5 Å². The molecular weight excluding hydrogens is 378 g/mol. The first-order valence-electron chi connectivity index (χ1n) is 10.7. The quantitative estimate of drug-likeness (QED) is 0.556. The molecule has 0 atom stereocenters. The van der Waals surface area contributed by atoms with Gasteiger partial charge >= 0.3 is 0 Å². The number of ether oxygens (including phenoxy) is 1. The molecule has 1 saturated heterocycles. The molecule has 0 aliphatic carbocycles. The molecule has 1 fully saturated rings. The summed E-state index contributed by atoms with van der Waals surface area (Å²) in [4.78, 5) is 9.77. The molecule has 1 aromatic heterocycles. The fraction of sp³-hybridized carbons (Fsp3) is 0.565. The highest BCUT2D eigenvalue weighted by Gasteiger charge is 2.24. The Morgan fingerprint density at radius 3 is 2.63 bits per heavy atom. The van der Waals surface area contributed by atoms with E-state index in [4.69, 9.17) is 14.3 Å². The molecule has 0 spiro atoms. The topological polar surface area (TPSA) is 66.1 Å². The maximum atomic E-state index is 5.39. The van der Waals surface area contributed by atoms with Crippen molar-refractivity contribution in [3.05, 3.63) is 47.3 Å². The van der Waals surface area contributed by atoms with Crippen LogP contribution in [0.4, 0.5) is 0 Å². The number of rotatable bonds is 7. The van der Waals surface area contributed by atoms with E-state index in [0.29, 0.717) is 6.54 Å². The summed E-state index contributed by atoms with van der Waals surface area (Å²) in [5, 5.41) is 7.59. The van der Waals surface area contributed by atoms with Gasteiger partial charge in [-0.2, -0.15) is 0 Å². The fourth-order valence-electron chi connectivity index (χ4n) is 3.67. The molecule has 0 saturated carbocycles. The Kier molecular flexibility index (Phi) is 7.37. The minimum absolute atomic E-state index is 0.0815. The van der Waals surface area contributed by atoms with E-state index in [1.807, 2.05) is 25.1 Å². The molecule has 1 aromatic carbocycles. The van der Waals surface area contributed by atoms with Crippen molar-refractivity contribution in [1.29, 1.82) is 0 Å². The van der Waals surface area contributed by atoms with Gasteiger partial charge in [-0.15, -0.1) is 0 Å². The lowest BCUT2D eigenvalue weighted by atomic mass is 9.84. The lowest BCUT2D eigenvalue weighted by molar-refractivity contribution is 0.169. The van der Waals surface area contributed by atoms with Crippen LogP contribution in [0.15, 0.2) is 39.8 Å². The third kappa shape index (κ3) is 5.75. The Morgan fingerprint density at radius 2 is 2.00 bits per heavy atom. The minimum Gasteiger partial charge on any atom is -0.497 e. The van der Waals surface area contributed by atoms with Gasteiger partial charge in [-0.25, -0.2) is 0 Å². The number of piperazine rings is 1. The van der Waals surface area contributed by atoms with Gasteiger partial charge in [0.2, 0.25) is 0 Å². The number of hydrogen-bond donors (Lipinski definition) is 1. The van der Waals surface area contributed by atoms with Crippen LogP contribution in [0.5, 0.6) is 5.75 Å². The summed E-state index contributed by atoms with van der Waals surface area (Å²) in [5.41, 5.74) is 2.15. The number of guanidine groups is 1. The Labute approximate surface area is 180 Å². The van der Waals surface area contributed by atoms with Crippen molar-refractivity contribution in [2.75, 3.05) is 46.4 Å². The highest BCUT2D eigenvalue weighted by Crippen LogP contribution is 2.27. The zero-order valence-electron chi connectivity index (χ0n) is 18.9. The molecule has 7 nitrogen and oxygen atoms in total. The molecule has 1 aliphatic rings. The predicted molar refractivity (Wildman–Crippen MR) is 120 cm³/mol. The van der Waals surface area contributed by atoms with E-state index in [0.717, 1.165) is 62.4 Å². The molecule has 0 bridgehead atoms. The SMILES string of the molecule is CCNC(=NCC(C)(C)c1cccc(OC)c1)N1CCN(Cc2cc(C)on2)CC1. The number of hydrogen-bond acceptors (Lipinski definition) is 5. The van der Waals surface area contributed by atoms with Gasteiger partial charge in [0.1, 0.15) is 11.5 Å². The third-order valence-corrected chi connectivity index (χ3v) is 5.54. The molecule has 2 aromatic rings. The van der Waals surface area contributed by atoms with Crippen LogP contribution in [-0.2, 0) is 12.0 Å². The first-order valence-corrected chi connectivity index (χ1v) is 10.7. The van der Waals surface area contributed by atoms with Crippen LogP contribution in [0.2, 0.25) is 0 Å². The van der Waals surface area contributed by atoms with Crippen LogP contribution in [0, 0.1) is 6.92 Å². The van der Waals surface area contributed by atoms with E-state index in [-0.39, 0.29) is 5.41 Å². The van der Waals surface area contributed by atoms with E-state index >= 15 is 0 Å². The molecule has 1 N–H and O–H groups in total. The molecule has 0 radical (unpaired) electrons. The van der Waals surface area contributed by atoms with Crippen molar-refractivity contribution < 1.29 is 9.26 Å². The summed E-state index contributed by atoms with van der Waals surface area (Å²) in [6.45, 7) is 14.8. The summed E-state index contributed by atoms with van der Waals surface area (Å²) in [7, 11) is 1.71. The lowest BCUT2D eigenvalue weighted by Crippen LogP contribution is -2.52. The molecule has 164 valence electrons. The van der Waals surface area contributed by atoms with Crippen LogP contribution < -0.4 is 10.1 Å².